The van der Waals surface area contributed by atoms with E-state index in [4.69, 9.17) is 8.94 Å². The Morgan fingerprint density at radius 2 is 1.73 bits per heavy atom. The summed E-state index contributed by atoms with van der Waals surface area (Å²) >= 11 is 0. The zero-order valence-corrected chi connectivity index (χ0v) is 14.5. The summed E-state index contributed by atoms with van der Waals surface area (Å²) < 4.78 is 23.7. The van der Waals surface area contributed by atoms with Gasteiger partial charge >= 0.3 is 0 Å². The highest BCUT2D eigenvalue weighted by Gasteiger charge is 2.18. The minimum atomic E-state index is -0.190. The number of nitrogens with zero attached hydrogens (tertiary/aromatic N) is 4. The summed E-state index contributed by atoms with van der Waals surface area (Å²) in [5, 5.41) is 3.98. The van der Waals surface area contributed by atoms with Gasteiger partial charge < -0.3 is 8.94 Å². The van der Waals surface area contributed by atoms with E-state index in [1.807, 2.05) is 18.2 Å². The van der Waals surface area contributed by atoms with E-state index < -0.39 is 0 Å². The van der Waals surface area contributed by atoms with Gasteiger partial charge in [0.25, 0.3) is 0 Å². The molecular formula is C19H21FN4O2. The Morgan fingerprint density at radius 3 is 2.46 bits per heavy atom. The van der Waals surface area contributed by atoms with E-state index in [9.17, 15) is 4.39 Å². The van der Waals surface area contributed by atoms with Crippen molar-refractivity contribution in [2.24, 2.45) is 0 Å². The molecule has 0 saturated carbocycles. The van der Waals surface area contributed by atoms with Gasteiger partial charge in [0.05, 0.1) is 12.8 Å². The number of furan rings is 1. The van der Waals surface area contributed by atoms with Crippen molar-refractivity contribution in [3.05, 3.63) is 59.9 Å². The van der Waals surface area contributed by atoms with Crippen molar-refractivity contribution < 1.29 is 13.3 Å². The molecule has 1 aliphatic rings. The molecule has 4 rings (SSSR count). The molecule has 1 fully saturated rings. The first kappa shape index (κ1) is 16.9. The van der Waals surface area contributed by atoms with Crippen LogP contribution in [-0.2, 0) is 13.1 Å². The molecule has 1 aliphatic heterocycles. The standard InChI is InChI=1S/C19H21FN4O2/c20-16-6-4-15(5-7-16)13-23-8-2-9-24(11-10-23)14-18-21-19(22-26-18)17-3-1-12-25-17/h1,3-7,12H,2,8-11,13-14H2. The Bertz CT molecular complexity index is 816. The minimum absolute atomic E-state index is 0.190. The number of rotatable bonds is 5. The van der Waals surface area contributed by atoms with Crippen LogP contribution >= 0.6 is 0 Å². The maximum absolute atomic E-state index is 13.0. The Labute approximate surface area is 151 Å². The lowest BCUT2D eigenvalue weighted by atomic mass is 10.2. The lowest BCUT2D eigenvalue weighted by Crippen LogP contribution is -2.30. The molecule has 26 heavy (non-hydrogen) atoms. The van der Waals surface area contributed by atoms with Crippen LogP contribution < -0.4 is 0 Å². The van der Waals surface area contributed by atoms with Gasteiger partial charge in [-0.1, -0.05) is 17.3 Å². The monoisotopic (exact) mass is 356 g/mol. The summed E-state index contributed by atoms with van der Waals surface area (Å²) in [5.74, 6) is 1.51. The summed E-state index contributed by atoms with van der Waals surface area (Å²) in [6, 6.07) is 10.4. The van der Waals surface area contributed by atoms with Crippen molar-refractivity contribution in [3.8, 4) is 11.6 Å². The fourth-order valence-electron chi connectivity index (χ4n) is 3.20. The Hall–Kier alpha value is -2.51. The fourth-order valence-corrected chi connectivity index (χ4v) is 3.20. The summed E-state index contributed by atoms with van der Waals surface area (Å²) in [5.41, 5.74) is 1.14. The Balaban J connectivity index is 1.31. The lowest BCUT2D eigenvalue weighted by molar-refractivity contribution is 0.222. The van der Waals surface area contributed by atoms with E-state index >= 15 is 0 Å². The van der Waals surface area contributed by atoms with E-state index in [0.717, 1.165) is 44.7 Å². The van der Waals surface area contributed by atoms with Crippen molar-refractivity contribution in [2.45, 2.75) is 19.5 Å². The number of aromatic nitrogens is 2. The summed E-state index contributed by atoms with van der Waals surface area (Å²) in [4.78, 5) is 9.13. The molecule has 136 valence electrons. The van der Waals surface area contributed by atoms with E-state index in [1.165, 1.54) is 12.1 Å². The molecule has 7 heteroatoms. The average molecular weight is 356 g/mol. The minimum Gasteiger partial charge on any atom is -0.461 e. The topological polar surface area (TPSA) is 58.5 Å². The van der Waals surface area contributed by atoms with Crippen LogP contribution in [0.25, 0.3) is 11.6 Å². The quantitative estimate of drug-likeness (QED) is 0.700. The van der Waals surface area contributed by atoms with Crippen LogP contribution in [0.2, 0.25) is 0 Å². The van der Waals surface area contributed by atoms with Crippen LogP contribution in [0.15, 0.2) is 51.6 Å². The van der Waals surface area contributed by atoms with Gasteiger partial charge in [-0.15, -0.1) is 0 Å². The predicted molar refractivity (Wildman–Crippen MR) is 93.6 cm³/mol. The molecule has 6 nitrogen and oxygen atoms in total. The first-order chi connectivity index (χ1) is 12.8. The van der Waals surface area contributed by atoms with Gasteiger partial charge in [0.1, 0.15) is 5.82 Å². The van der Waals surface area contributed by atoms with Crippen LogP contribution in [-0.4, -0.2) is 46.1 Å². The molecule has 0 aliphatic carbocycles. The molecule has 1 saturated heterocycles. The SMILES string of the molecule is Fc1ccc(CN2CCCN(Cc3nc(-c4ccco4)no3)CC2)cc1. The summed E-state index contributed by atoms with van der Waals surface area (Å²) in [6.45, 7) is 5.37. The van der Waals surface area contributed by atoms with Crippen molar-refractivity contribution >= 4 is 0 Å². The van der Waals surface area contributed by atoms with E-state index in [2.05, 4.69) is 19.9 Å². The molecule has 1 aromatic carbocycles. The second kappa shape index (κ2) is 7.80. The third-order valence-corrected chi connectivity index (χ3v) is 4.57. The Kier molecular flexibility index (Phi) is 5.08. The lowest BCUT2D eigenvalue weighted by Gasteiger charge is -2.20. The maximum atomic E-state index is 13.0. The van der Waals surface area contributed by atoms with E-state index in [-0.39, 0.29) is 5.82 Å². The zero-order valence-electron chi connectivity index (χ0n) is 14.5. The molecule has 0 unspecified atom stereocenters. The molecule has 0 atom stereocenters. The van der Waals surface area contributed by atoms with Crippen molar-refractivity contribution in [3.63, 3.8) is 0 Å². The molecular weight excluding hydrogens is 335 g/mol. The molecule has 0 bridgehead atoms. The molecule has 3 aromatic rings. The molecule has 0 amide bonds. The van der Waals surface area contributed by atoms with Crippen molar-refractivity contribution in [1.29, 1.82) is 0 Å². The van der Waals surface area contributed by atoms with E-state index in [0.29, 0.717) is 24.0 Å². The number of hydrogen-bond acceptors (Lipinski definition) is 6. The van der Waals surface area contributed by atoms with Crippen LogP contribution in [0.1, 0.15) is 17.9 Å². The summed E-state index contributed by atoms with van der Waals surface area (Å²) in [7, 11) is 0. The van der Waals surface area contributed by atoms with Gasteiger partial charge in [0.15, 0.2) is 5.76 Å². The Morgan fingerprint density at radius 1 is 0.962 bits per heavy atom. The van der Waals surface area contributed by atoms with Crippen molar-refractivity contribution in [1.82, 2.24) is 19.9 Å². The normalized spacial score (nSPS) is 16.7. The van der Waals surface area contributed by atoms with Crippen LogP contribution in [0.5, 0.6) is 0 Å². The van der Waals surface area contributed by atoms with Crippen LogP contribution in [0.4, 0.5) is 4.39 Å². The smallest absolute Gasteiger partial charge is 0.241 e. The third kappa shape index (κ3) is 4.17. The van der Waals surface area contributed by atoms with Crippen LogP contribution in [0.3, 0.4) is 0 Å². The van der Waals surface area contributed by atoms with E-state index in [1.54, 1.807) is 12.3 Å². The molecule has 3 heterocycles. The number of benzene rings is 1. The zero-order chi connectivity index (χ0) is 17.8. The average Bonchev–Trinajstić information content (AvgIpc) is 3.28. The largest absolute Gasteiger partial charge is 0.461 e. The van der Waals surface area contributed by atoms with Gasteiger partial charge in [-0.25, -0.2) is 4.39 Å². The predicted octanol–water partition coefficient (Wildman–Crippen LogP) is 3.18. The number of halogens is 1. The second-order valence-electron chi connectivity index (χ2n) is 6.52. The highest BCUT2D eigenvalue weighted by Crippen LogP contribution is 2.17. The van der Waals surface area contributed by atoms with Gasteiger partial charge in [-0.2, -0.15) is 4.98 Å². The fraction of sp³-hybridized carbons (Fsp3) is 0.368. The summed E-state index contributed by atoms with van der Waals surface area (Å²) in [6.07, 6.45) is 2.66. The third-order valence-electron chi connectivity index (χ3n) is 4.57. The van der Waals surface area contributed by atoms with Crippen molar-refractivity contribution in [2.75, 3.05) is 26.2 Å². The highest BCUT2D eigenvalue weighted by atomic mass is 19.1. The van der Waals surface area contributed by atoms with Gasteiger partial charge in [-0.3, -0.25) is 9.80 Å². The maximum Gasteiger partial charge on any atom is 0.241 e. The highest BCUT2D eigenvalue weighted by molar-refractivity contribution is 5.44. The van der Waals surface area contributed by atoms with Gasteiger partial charge in [0, 0.05) is 19.6 Å². The number of hydrogen-bond donors (Lipinski definition) is 0. The molecule has 0 radical (unpaired) electrons. The molecule has 0 spiro atoms. The first-order valence-corrected chi connectivity index (χ1v) is 8.82. The second-order valence-corrected chi connectivity index (χ2v) is 6.52. The molecule has 0 N–H and O–H groups in total. The van der Waals surface area contributed by atoms with Gasteiger partial charge in [0.2, 0.25) is 11.7 Å². The van der Waals surface area contributed by atoms with Gasteiger partial charge in [-0.05, 0) is 49.3 Å². The van der Waals surface area contributed by atoms with Crippen LogP contribution in [0, 0.1) is 5.82 Å². The molecule has 2 aromatic heterocycles. The first-order valence-electron chi connectivity index (χ1n) is 8.82.